The molecule has 1 aromatic rings. The second-order valence-electron chi connectivity index (χ2n) is 5.75. The van der Waals surface area contributed by atoms with Gasteiger partial charge in [-0.15, -0.1) is 0 Å². The van der Waals surface area contributed by atoms with E-state index in [1.54, 1.807) is 0 Å². The lowest BCUT2D eigenvalue weighted by Crippen LogP contribution is -2.42. The molecule has 3 N–H and O–H groups in total. The normalized spacial score (nSPS) is 16.7. The van der Waals surface area contributed by atoms with E-state index in [1.807, 2.05) is 0 Å². The lowest BCUT2D eigenvalue weighted by molar-refractivity contribution is -0.136. The van der Waals surface area contributed by atoms with E-state index in [9.17, 15) is 23.5 Å². The Morgan fingerprint density at radius 3 is 2.52 bits per heavy atom. The monoisotopic (exact) mass is 326 g/mol. The molecular formula is C16H20F2N2O3. The van der Waals surface area contributed by atoms with Crippen LogP contribution in [0.15, 0.2) is 18.2 Å². The first kappa shape index (κ1) is 17.3. The maximum Gasteiger partial charge on any atom is 0.313 e. The van der Waals surface area contributed by atoms with Gasteiger partial charge in [0.15, 0.2) is 0 Å². The highest BCUT2D eigenvalue weighted by Gasteiger charge is 2.23. The average molecular weight is 326 g/mol. The van der Waals surface area contributed by atoms with E-state index in [0.29, 0.717) is 6.07 Å². The number of anilines is 1. The molecule has 7 heteroatoms. The van der Waals surface area contributed by atoms with Gasteiger partial charge >= 0.3 is 11.8 Å². The second kappa shape index (κ2) is 8.01. The molecule has 1 saturated carbocycles. The van der Waals surface area contributed by atoms with Crippen LogP contribution in [0.4, 0.5) is 14.5 Å². The Kier molecular flexibility index (Phi) is 6.04. The van der Waals surface area contributed by atoms with Gasteiger partial charge < -0.3 is 15.7 Å². The van der Waals surface area contributed by atoms with Crippen LogP contribution in [-0.2, 0) is 9.59 Å². The summed E-state index contributed by atoms with van der Waals surface area (Å²) in [4.78, 5) is 23.4. The fourth-order valence-electron chi connectivity index (χ4n) is 2.73. The van der Waals surface area contributed by atoms with Crippen LogP contribution in [0.2, 0.25) is 0 Å². The molecule has 1 fully saturated rings. The zero-order valence-corrected chi connectivity index (χ0v) is 12.6. The summed E-state index contributed by atoms with van der Waals surface area (Å²) in [6, 6.07) is 2.62. The summed E-state index contributed by atoms with van der Waals surface area (Å²) in [6.07, 6.45) is 4.38. The van der Waals surface area contributed by atoms with Crippen molar-refractivity contribution in [1.29, 1.82) is 0 Å². The van der Waals surface area contributed by atoms with Crippen LogP contribution in [0.25, 0.3) is 0 Å². The van der Waals surface area contributed by atoms with Crippen molar-refractivity contribution in [3.8, 4) is 0 Å². The maximum absolute atomic E-state index is 13.4. The predicted molar refractivity (Wildman–Crippen MR) is 80.6 cm³/mol. The molecule has 0 saturated heterocycles. The summed E-state index contributed by atoms with van der Waals surface area (Å²) < 4.78 is 26.2. The molecule has 1 aromatic carbocycles. The van der Waals surface area contributed by atoms with E-state index in [4.69, 9.17) is 0 Å². The topological polar surface area (TPSA) is 78.4 Å². The summed E-state index contributed by atoms with van der Waals surface area (Å²) in [6.45, 7) is -0.0250. The third-order valence-electron chi connectivity index (χ3n) is 4.05. The molecule has 1 aliphatic rings. The largest absolute Gasteiger partial charge is 0.391 e. The third-order valence-corrected chi connectivity index (χ3v) is 4.05. The first-order valence-corrected chi connectivity index (χ1v) is 7.69. The van der Waals surface area contributed by atoms with Gasteiger partial charge in [-0.3, -0.25) is 9.59 Å². The number of benzene rings is 1. The van der Waals surface area contributed by atoms with E-state index in [0.717, 1.165) is 44.2 Å². The van der Waals surface area contributed by atoms with Crippen molar-refractivity contribution < 1.29 is 23.5 Å². The van der Waals surface area contributed by atoms with Gasteiger partial charge in [-0.1, -0.05) is 19.3 Å². The molecule has 2 rings (SSSR count). The van der Waals surface area contributed by atoms with Gasteiger partial charge in [-0.25, -0.2) is 8.78 Å². The van der Waals surface area contributed by atoms with Crippen LogP contribution in [-0.4, -0.2) is 29.6 Å². The van der Waals surface area contributed by atoms with Gasteiger partial charge in [0, 0.05) is 12.6 Å². The SMILES string of the molecule is O=C(NCC(O)C1CCCCC1)C(=O)Nc1ccc(F)cc1F. The Bertz CT molecular complexity index is 574. The molecule has 1 aliphatic carbocycles. The van der Waals surface area contributed by atoms with Crippen molar-refractivity contribution in [2.24, 2.45) is 5.92 Å². The molecule has 0 radical (unpaired) electrons. The number of hydrogen-bond acceptors (Lipinski definition) is 3. The molecule has 0 aliphatic heterocycles. The minimum absolute atomic E-state index is 0.0250. The van der Waals surface area contributed by atoms with Gasteiger partial charge in [-0.05, 0) is 30.9 Å². The zero-order valence-electron chi connectivity index (χ0n) is 12.6. The molecule has 0 aromatic heterocycles. The average Bonchev–Trinajstić information content (AvgIpc) is 2.55. The van der Waals surface area contributed by atoms with Crippen LogP contribution in [0.1, 0.15) is 32.1 Å². The van der Waals surface area contributed by atoms with Gasteiger partial charge in [0.1, 0.15) is 11.6 Å². The highest BCUT2D eigenvalue weighted by Crippen LogP contribution is 2.26. The van der Waals surface area contributed by atoms with Crippen LogP contribution in [0, 0.1) is 17.6 Å². The van der Waals surface area contributed by atoms with E-state index >= 15 is 0 Å². The standard InChI is InChI=1S/C16H20F2N2O3/c17-11-6-7-13(12(18)8-11)20-16(23)15(22)19-9-14(21)10-4-2-1-3-5-10/h6-8,10,14,21H,1-5,9H2,(H,19,22)(H,20,23). The Morgan fingerprint density at radius 1 is 1.17 bits per heavy atom. The minimum atomic E-state index is -1.06. The van der Waals surface area contributed by atoms with E-state index < -0.39 is 29.6 Å². The first-order valence-electron chi connectivity index (χ1n) is 7.69. The lowest BCUT2D eigenvalue weighted by atomic mass is 9.85. The third kappa shape index (κ3) is 4.99. The van der Waals surface area contributed by atoms with E-state index in [2.05, 4.69) is 10.6 Å². The molecule has 1 unspecified atom stereocenters. The summed E-state index contributed by atoms with van der Waals surface area (Å²) in [5, 5.41) is 14.4. The summed E-state index contributed by atoms with van der Waals surface area (Å²) >= 11 is 0. The molecule has 23 heavy (non-hydrogen) atoms. The number of carbonyl (C=O) groups is 2. The Hall–Kier alpha value is -2.02. The number of nitrogens with one attached hydrogen (secondary N) is 2. The molecule has 2 amide bonds. The van der Waals surface area contributed by atoms with Crippen LogP contribution in [0.3, 0.4) is 0 Å². The highest BCUT2D eigenvalue weighted by atomic mass is 19.1. The number of aliphatic hydroxyl groups excluding tert-OH is 1. The number of rotatable bonds is 4. The van der Waals surface area contributed by atoms with Crippen LogP contribution < -0.4 is 10.6 Å². The maximum atomic E-state index is 13.4. The number of carbonyl (C=O) groups excluding carboxylic acids is 2. The van der Waals surface area contributed by atoms with Gasteiger partial charge in [0.25, 0.3) is 0 Å². The second-order valence-corrected chi connectivity index (χ2v) is 5.75. The van der Waals surface area contributed by atoms with E-state index in [1.165, 1.54) is 0 Å². The Balaban J connectivity index is 1.81. The molecule has 0 bridgehead atoms. The Morgan fingerprint density at radius 2 is 1.87 bits per heavy atom. The van der Waals surface area contributed by atoms with Crippen molar-refractivity contribution in [2.45, 2.75) is 38.2 Å². The molecule has 5 nitrogen and oxygen atoms in total. The minimum Gasteiger partial charge on any atom is -0.391 e. The van der Waals surface area contributed by atoms with Crippen molar-refractivity contribution in [3.05, 3.63) is 29.8 Å². The fraction of sp³-hybridized carbons (Fsp3) is 0.500. The smallest absolute Gasteiger partial charge is 0.313 e. The molecular weight excluding hydrogens is 306 g/mol. The lowest BCUT2D eigenvalue weighted by Gasteiger charge is -2.26. The number of aliphatic hydroxyl groups is 1. The van der Waals surface area contributed by atoms with Crippen LogP contribution in [0.5, 0.6) is 0 Å². The number of amides is 2. The number of halogens is 2. The summed E-state index contributed by atoms with van der Waals surface area (Å²) in [5.41, 5.74) is -0.278. The molecule has 0 heterocycles. The van der Waals surface area contributed by atoms with Gasteiger partial charge in [0.05, 0.1) is 11.8 Å². The highest BCUT2D eigenvalue weighted by molar-refractivity contribution is 6.39. The van der Waals surface area contributed by atoms with Gasteiger partial charge in [0.2, 0.25) is 0 Å². The molecule has 1 atom stereocenters. The fourth-order valence-corrected chi connectivity index (χ4v) is 2.73. The van der Waals surface area contributed by atoms with Crippen molar-refractivity contribution in [2.75, 3.05) is 11.9 Å². The molecule has 126 valence electrons. The predicted octanol–water partition coefficient (Wildman–Crippen LogP) is 1.96. The molecule has 0 spiro atoms. The zero-order chi connectivity index (χ0) is 16.8. The van der Waals surface area contributed by atoms with Crippen molar-refractivity contribution in [1.82, 2.24) is 5.32 Å². The van der Waals surface area contributed by atoms with E-state index in [-0.39, 0.29) is 18.2 Å². The van der Waals surface area contributed by atoms with Crippen molar-refractivity contribution >= 4 is 17.5 Å². The number of hydrogen-bond donors (Lipinski definition) is 3. The van der Waals surface area contributed by atoms with Crippen LogP contribution >= 0.6 is 0 Å². The first-order chi connectivity index (χ1) is 11.0. The van der Waals surface area contributed by atoms with Gasteiger partial charge in [-0.2, -0.15) is 0 Å². The quantitative estimate of drug-likeness (QED) is 0.740. The summed E-state index contributed by atoms with van der Waals surface area (Å²) in [5.74, 6) is -3.65. The summed E-state index contributed by atoms with van der Waals surface area (Å²) in [7, 11) is 0. The van der Waals surface area contributed by atoms with Crippen molar-refractivity contribution in [3.63, 3.8) is 0 Å². The Labute approximate surface area is 133 Å².